The largest absolute Gasteiger partial charge is 0.352 e. The molecular formula is C15H23N3O2. The van der Waals surface area contributed by atoms with E-state index >= 15 is 0 Å². The summed E-state index contributed by atoms with van der Waals surface area (Å²) in [6.45, 7) is 5.04. The third kappa shape index (κ3) is 5.40. The molecule has 0 fully saturated rings. The Morgan fingerprint density at radius 3 is 2.20 bits per heavy atom. The fourth-order valence-electron chi connectivity index (χ4n) is 1.66. The van der Waals surface area contributed by atoms with E-state index in [4.69, 9.17) is 5.73 Å². The molecule has 1 rings (SSSR count). The van der Waals surface area contributed by atoms with E-state index in [1.54, 1.807) is 24.3 Å². The van der Waals surface area contributed by atoms with Gasteiger partial charge in [0.25, 0.3) is 11.8 Å². The van der Waals surface area contributed by atoms with Crippen LogP contribution in [0.25, 0.3) is 0 Å². The lowest BCUT2D eigenvalue weighted by Gasteiger charge is -2.08. The van der Waals surface area contributed by atoms with Gasteiger partial charge >= 0.3 is 0 Å². The van der Waals surface area contributed by atoms with Crippen molar-refractivity contribution < 1.29 is 9.59 Å². The number of amides is 2. The number of hydrogen-bond acceptors (Lipinski definition) is 3. The van der Waals surface area contributed by atoms with E-state index < -0.39 is 0 Å². The molecule has 5 heteroatoms. The van der Waals surface area contributed by atoms with Gasteiger partial charge < -0.3 is 16.4 Å². The summed E-state index contributed by atoms with van der Waals surface area (Å²) in [6, 6.07) is 6.76. The maximum absolute atomic E-state index is 11.9. The molecule has 0 aliphatic rings. The lowest BCUT2D eigenvalue weighted by atomic mass is 10.1. The first-order valence-electron chi connectivity index (χ1n) is 6.96. The first kappa shape index (κ1) is 16.2. The Morgan fingerprint density at radius 1 is 1.15 bits per heavy atom. The Bertz CT molecular complexity index is 458. The van der Waals surface area contributed by atoms with E-state index in [1.807, 2.05) is 13.8 Å². The Labute approximate surface area is 119 Å². The average Bonchev–Trinajstić information content (AvgIpc) is 2.44. The molecule has 0 radical (unpaired) electrons. The molecule has 1 unspecified atom stereocenters. The van der Waals surface area contributed by atoms with Gasteiger partial charge in [-0.1, -0.05) is 13.0 Å². The van der Waals surface area contributed by atoms with Gasteiger partial charge in [-0.25, -0.2) is 0 Å². The van der Waals surface area contributed by atoms with Crippen LogP contribution in [0, 0.1) is 0 Å². The molecule has 1 atom stereocenters. The van der Waals surface area contributed by atoms with E-state index in [2.05, 4.69) is 10.6 Å². The van der Waals surface area contributed by atoms with Crippen molar-refractivity contribution in [3.8, 4) is 0 Å². The zero-order chi connectivity index (χ0) is 15.0. The zero-order valence-corrected chi connectivity index (χ0v) is 12.1. The summed E-state index contributed by atoms with van der Waals surface area (Å²) in [5.74, 6) is -0.340. The number of nitrogens with two attached hydrogens (primary N) is 1. The van der Waals surface area contributed by atoms with Crippen molar-refractivity contribution in [3.05, 3.63) is 35.4 Å². The summed E-state index contributed by atoms with van der Waals surface area (Å²) in [7, 11) is 0. The Hall–Kier alpha value is -1.88. The molecule has 1 aromatic carbocycles. The lowest BCUT2D eigenvalue weighted by molar-refractivity contribution is 0.0952. The summed E-state index contributed by atoms with van der Waals surface area (Å²) in [6.07, 6.45) is 1.60. The van der Waals surface area contributed by atoms with Gasteiger partial charge in [-0.15, -0.1) is 0 Å². The third-order valence-electron chi connectivity index (χ3n) is 2.81. The van der Waals surface area contributed by atoms with Crippen molar-refractivity contribution in [2.45, 2.75) is 32.7 Å². The number of rotatable bonds is 7. The fraction of sp³-hybridized carbons (Fsp3) is 0.467. The van der Waals surface area contributed by atoms with Crippen LogP contribution in [0.1, 0.15) is 47.4 Å². The maximum atomic E-state index is 11.9. The summed E-state index contributed by atoms with van der Waals surface area (Å²) in [5.41, 5.74) is 6.61. The van der Waals surface area contributed by atoms with E-state index in [1.165, 1.54) is 0 Å². The molecule has 0 aliphatic heterocycles. The minimum atomic E-state index is -0.184. The quantitative estimate of drug-likeness (QED) is 0.702. The molecule has 1 aromatic rings. The van der Waals surface area contributed by atoms with E-state index in [0.29, 0.717) is 24.2 Å². The molecule has 2 amide bonds. The molecule has 20 heavy (non-hydrogen) atoms. The van der Waals surface area contributed by atoms with Crippen molar-refractivity contribution in [2.75, 3.05) is 13.1 Å². The van der Waals surface area contributed by atoms with Gasteiger partial charge in [-0.3, -0.25) is 9.59 Å². The van der Waals surface area contributed by atoms with E-state index in [0.717, 1.165) is 12.8 Å². The molecule has 5 nitrogen and oxygen atoms in total. The second-order valence-electron chi connectivity index (χ2n) is 4.86. The second-order valence-corrected chi connectivity index (χ2v) is 4.86. The highest BCUT2D eigenvalue weighted by Crippen LogP contribution is 2.05. The van der Waals surface area contributed by atoms with Gasteiger partial charge in [0, 0.05) is 30.3 Å². The van der Waals surface area contributed by atoms with Crippen molar-refractivity contribution in [1.82, 2.24) is 10.6 Å². The van der Waals surface area contributed by atoms with E-state index in [-0.39, 0.29) is 17.9 Å². The van der Waals surface area contributed by atoms with Gasteiger partial charge in [-0.05, 0) is 38.0 Å². The smallest absolute Gasteiger partial charge is 0.251 e. The van der Waals surface area contributed by atoms with Gasteiger partial charge in [0.2, 0.25) is 0 Å². The maximum Gasteiger partial charge on any atom is 0.251 e. The third-order valence-corrected chi connectivity index (χ3v) is 2.81. The molecule has 0 aromatic heterocycles. The Balaban J connectivity index is 2.62. The molecule has 0 saturated carbocycles. The fourth-order valence-corrected chi connectivity index (χ4v) is 1.66. The predicted molar refractivity (Wildman–Crippen MR) is 79.7 cm³/mol. The highest BCUT2D eigenvalue weighted by Gasteiger charge is 2.09. The molecule has 0 bridgehead atoms. The Kier molecular flexibility index (Phi) is 6.73. The number of nitrogens with one attached hydrogen (secondary N) is 2. The summed E-state index contributed by atoms with van der Waals surface area (Å²) in [5, 5.41) is 5.57. The number of hydrogen-bond donors (Lipinski definition) is 3. The SMILES string of the molecule is CCCNC(=O)c1cccc(C(=O)NCCC(C)N)c1. The minimum Gasteiger partial charge on any atom is -0.352 e. The summed E-state index contributed by atoms with van der Waals surface area (Å²) in [4.78, 5) is 23.8. The van der Waals surface area contributed by atoms with Crippen LogP contribution >= 0.6 is 0 Å². The Morgan fingerprint density at radius 2 is 1.70 bits per heavy atom. The van der Waals surface area contributed by atoms with Crippen LogP contribution < -0.4 is 16.4 Å². The zero-order valence-electron chi connectivity index (χ0n) is 12.1. The van der Waals surface area contributed by atoms with Crippen molar-refractivity contribution in [3.63, 3.8) is 0 Å². The normalized spacial score (nSPS) is 11.8. The van der Waals surface area contributed by atoms with Crippen LogP contribution in [0.3, 0.4) is 0 Å². The molecule has 0 spiro atoms. The van der Waals surface area contributed by atoms with Crippen LogP contribution in [0.2, 0.25) is 0 Å². The van der Waals surface area contributed by atoms with Crippen LogP contribution in [-0.2, 0) is 0 Å². The second kappa shape index (κ2) is 8.32. The van der Waals surface area contributed by atoms with Crippen molar-refractivity contribution in [2.24, 2.45) is 5.73 Å². The van der Waals surface area contributed by atoms with Gasteiger partial charge in [0.05, 0.1) is 0 Å². The van der Waals surface area contributed by atoms with Gasteiger partial charge in [0.1, 0.15) is 0 Å². The highest BCUT2D eigenvalue weighted by atomic mass is 16.2. The predicted octanol–water partition coefficient (Wildman–Crippen LogP) is 1.29. The first-order chi connectivity index (χ1) is 9.54. The molecule has 110 valence electrons. The molecule has 4 N–H and O–H groups in total. The summed E-state index contributed by atoms with van der Waals surface area (Å²) < 4.78 is 0. The standard InChI is InChI=1S/C15H23N3O2/c1-3-8-17-14(19)12-5-4-6-13(10-12)15(20)18-9-7-11(2)16/h4-6,10-11H,3,7-9,16H2,1-2H3,(H,17,19)(H,18,20). The minimum absolute atomic E-state index is 0.0569. The number of carbonyl (C=O) groups is 2. The van der Waals surface area contributed by atoms with Crippen LogP contribution in [-0.4, -0.2) is 30.9 Å². The molecule has 0 heterocycles. The molecule has 0 aliphatic carbocycles. The molecular weight excluding hydrogens is 254 g/mol. The van der Waals surface area contributed by atoms with Crippen LogP contribution in [0.15, 0.2) is 24.3 Å². The first-order valence-corrected chi connectivity index (χ1v) is 6.96. The van der Waals surface area contributed by atoms with E-state index in [9.17, 15) is 9.59 Å². The van der Waals surface area contributed by atoms with Crippen LogP contribution in [0.4, 0.5) is 0 Å². The molecule has 0 saturated heterocycles. The monoisotopic (exact) mass is 277 g/mol. The van der Waals surface area contributed by atoms with Crippen LogP contribution in [0.5, 0.6) is 0 Å². The highest BCUT2D eigenvalue weighted by molar-refractivity contribution is 5.99. The summed E-state index contributed by atoms with van der Waals surface area (Å²) >= 11 is 0. The van der Waals surface area contributed by atoms with Crippen molar-refractivity contribution >= 4 is 11.8 Å². The van der Waals surface area contributed by atoms with Gasteiger partial charge in [0.15, 0.2) is 0 Å². The topological polar surface area (TPSA) is 84.2 Å². The number of carbonyl (C=O) groups excluding carboxylic acids is 2. The number of benzene rings is 1. The van der Waals surface area contributed by atoms with Crippen molar-refractivity contribution in [1.29, 1.82) is 0 Å². The van der Waals surface area contributed by atoms with Gasteiger partial charge in [-0.2, -0.15) is 0 Å². The lowest BCUT2D eigenvalue weighted by Crippen LogP contribution is -2.29. The average molecular weight is 277 g/mol.